The van der Waals surface area contributed by atoms with Gasteiger partial charge in [-0.1, -0.05) is 11.2 Å². The van der Waals surface area contributed by atoms with Gasteiger partial charge in [-0.2, -0.15) is 4.98 Å². The molecule has 108 valence electrons. The van der Waals surface area contributed by atoms with Gasteiger partial charge in [0.15, 0.2) is 5.82 Å². The van der Waals surface area contributed by atoms with Crippen molar-refractivity contribution in [3.05, 3.63) is 41.3 Å². The maximum atomic E-state index is 13.2. The lowest BCUT2D eigenvalue weighted by Gasteiger charge is -2.09. The molecule has 1 aromatic heterocycles. The molecule has 3 N–H and O–H groups in total. The summed E-state index contributed by atoms with van der Waals surface area (Å²) in [6, 6.07) is 3.41. The molecule has 0 aliphatic rings. The van der Waals surface area contributed by atoms with Gasteiger partial charge in [0.25, 0.3) is 0 Å². The Morgan fingerprint density at radius 1 is 1.45 bits per heavy atom. The SMILES string of the molecule is Cc1nc(CNS(=O)(=O)c2cc(F)ccc2CN)no1. The number of rotatable bonds is 5. The van der Waals surface area contributed by atoms with Crippen LogP contribution in [0.4, 0.5) is 4.39 Å². The first-order valence-electron chi connectivity index (χ1n) is 5.70. The number of aromatic nitrogens is 2. The van der Waals surface area contributed by atoms with Gasteiger partial charge >= 0.3 is 0 Å². The van der Waals surface area contributed by atoms with Crippen molar-refractivity contribution in [2.75, 3.05) is 0 Å². The second-order valence-corrected chi connectivity index (χ2v) is 5.75. The second-order valence-electron chi connectivity index (χ2n) is 4.01. The predicted molar refractivity (Wildman–Crippen MR) is 67.4 cm³/mol. The predicted octanol–water partition coefficient (Wildman–Crippen LogP) is 0.454. The Morgan fingerprint density at radius 2 is 2.20 bits per heavy atom. The number of nitrogens with one attached hydrogen (secondary N) is 1. The van der Waals surface area contributed by atoms with Crippen LogP contribution in [-0.2, 0) is 23.1 Å². The molecule has 7 nitrogen and oxygen atoms in total. The van der Waals surface area contributed by atoms with E-state index in [-0.39, 0.29) is 23.8 Å². The molecule has 0 saturated carbocycles. The van der Waals surface area contributed by atoms with Crippen molar-refractivity contribution in [2.24, 2.45) is 5.73 Å². The van der Waals surface area contributed by atoms with Crippen molar-refractivity contribution in [3.8, 4) is 0 Å². The molecule has 0 fully saturated rings. The molecule has 9 heteroatoms. The Hall–Kier alpha value is -1.84. The molecule has 0 aliphatic heterocycles. The van der Waals surface area contributed by atoms with E-state index >= 15 is 0 Å². The van der Waals surface area contributed by atoms with Crippen molar-refractivity contribution in [2.45, 2.75) is 24.9 Å². The van der Waals surface area contributed by atoms with E-state index in [0.29, 0.717) is 11.5 Å². The summed E-state index contributed by atoms with van der Waals surface area (Å²) in [6.07, 6.45) is 0. The number of benzene rings is 1. The minimum Gasteiger partial charge on any atom is -0.340 e. The first kappa shape index (κ1) is 14.6. The minimum atomic E-state index is -3.91. The van der Waals surface area contributed by atoms with Crippen LogP contribution >= 0.6 is 0 Å². The van der Waals surface area contributed by atoms with Crippen molar-refractivity contribution in [1.82, 2.24) is 14.9 Å². The van der Waals surface area contributed by atoms with Crippen molar-refractivity contribution < 1.29 is 17.3 Å². The maximum Gasteiger partial charge on any atom is 0.241 e. The third-order valence-corrected chi connectivity index (χ3v) is 4.01. The van der Waals surface area contributed by atoms with Gasteiger partial charge in [0.2, 0.25) is 15.9 Å². The van der Waals surface area contributed by atoms with Crippen LogP contribution in [0.2, 0.25) is 0 Å². The molecule has 1 heterocycles. The van der Waals surface area contributed by atoms with Crippen LogP contribution in [0.15, 0.2) is 27.6 Å². The average Bonchev–Trinajstić information content (AvgIpc) is 2.82. The number of sulfonamides is 1. The largest absolute Gasteiger partial charge is 0.340 e. The van der Waals surface area contributed by atoms with Gasteiger partial charge in [-0.25, -0.2) is 17.5 Å². The van der Waals surface area contributed by atoms with E-state index in [2.05, 4.69) is 14.9 Å². The zero-order chi connectivity index (χ0) is 14.8. The molecule has 0 bridgehead atoms. The molecule has 2 rings (SSSR count). The van der Waals surface area contributed by atoms with Crippen molar-refractivity contribution in [1.29, 1.82) is 0 Å². The molecule has 2 aromatic rings. The zero-order valence-electron chi connectivity index (χ0n) is 10.6. The first-order chi connectivity index (χ1) is 9.42. The molecular formula is C11H13FN4O3S. The highest BCUT2D eigenvalue weighted by Crippen LogP contribution is 2.17. The van der Waals surface area contributed by atoms with E-state index in [1.165, 1.54) is 6.07 Å². The lowest BCUT2D eigenvalue weighted by molar-refractivity contribution is 0.387. The van der Waals surface area contributed by atoms with Crippen LogP contribution in [0.5, 0.6) is 0 Å². The molecule has 1 aromatic carbocycles. The zero-order valence-corrected chi connectivity index (χ0v) is 11.4. The molecule has 0 unspecified atom stereocenters. The normalized spacial score (nSPS) is 11.8. The molecule has 0 saturated heterocycles. The van der Waals surface area contributed by atoms with Crippen LogP contribution in [0, 0.1) is 12.7 Å². The Morgan fingerprint density at radius 3 is 2.80 bits per heavy atom. The Kier molecular flexibility index (Phi) is 4.12. The highest BCUT2D eigenvalue weighted by atomic mass is 32.2. The van der Waals surface area contributed by atoms with E-state index in [4.69, 9.17) is 10.3 Å². The standard InChI is InChI=1S/C11H13FN4O3S/c1-7-15-11(16-19-7)6-14-20(17,18)10-4-9(12)3-2-8(10)5-13/h2-4,14H,5-6,13H2,1H3. The molecule has 0 spiro atoms. The number of nitrogens with zero attached hydrogens (tertiary/aromatic N) is 2. The van der Waals surface area contributed by atoms with Gasteiger partial charge in [0.1, 0.15) is 5.82 Å². The lowest BCUT2D eigenvalue weighted by Crippen LogP contribution is -2.25. The fraction of sp³-hybridized carbons (Fsp3) is 0.273. The smallest absolute Gasteiger partial charge is 0.241 e. The summed E-state index contributed by atoms with van der Waals surface area (Å²) in [4.78, 5) is 3.67. The highest BCUT2D eigenvalue weighted by Gasteiger charge is 2.19. The maximum absolute atomic E-state index is 13.2. The van der Waals surface area contributed by atoms with Crippen molar-refractivity contribution >= 4 is 10.0 Å². The number of halogens is 1. The Bertz CT molecular complexity index is 714. The topological polar surface area (TPSA) is 111 Å². The quantitative estimate of drug-likeness (QED) is 0.829. The monoisotopic (exact) mass is 300 g/mol. The first-order valence-corrected chi connectivity index (χ1v) is 7.18. The summed E-state index contributed by atoms with van der Waals surface area (Å²) in [5, 5.41) is 3.56. The van der Waals surface area contributed by atoms with Gasteiger partial charge in [0, 0.05) is 13.5 Å². The summed E-state index contributed by atoms with van der Waals surface area (Å²) in [6.45, 7) is 1.42. The molecular weight excluding hydrogens is 287 g/mol. The van der Waals surface area contributed by atoms with E-state index < -0.39 is 15.8 Å². The summed E-state index contributed by atoms with van der Waals surface area (Å²) in [5.74, 6) is -0.137. The summed E-state index contributed by atoms with van der Waals surface area (Å²) in [7, 11) is -3.91. The average molecular weight is 300 g/mol. The summed E-state index contributed by atoms with van der Waals surface area (Å²) < 4.78 is 44.5. The molecule has 0 aliphatic carbocycles. The Labute approximate surface area is 115 Å². The van der Waals surface area contributed by atoms with E-state index in [9.17, 15) is 12.8 Å². The summed E-state index contributed by atoms with van der Waals surface area (Å²) >= 11 is 0. The summed E-state index contributed by atoms with van der Waals surface area (Å²) in [5.41, 5.74) is 5.78. The number of aryl methyl sites for hydroxylation is 1. The van der Waals surface area contributed by atoms with Crippen LogP contribution in [0.1, 0.15) is 17.3 Å². The molecule has 0 amide bonds. The molecule has 0 radical (unpaired) electrons. The molecule has 20 heavy (non-hydrogen) atoms. The minimum absolute atomic E-state index is 0.0160. The van der Waals surface area contributed by atoms with Gasteiger partial charge in [-0.05, 0) is 17.7 Å². The van der Waals surface area contributed by atoms with Crippen LogP contribution < -0.4 is 10.5 Å². The number of hydrogen-bond acceptors (Lipinski definition) is 6. The third-order valence-electron chi connectivity index (χ3n) is 2.53. The third kappa shape index (κ3) is 3.18. The number of nitrogens with two attached hydrogens (primary N) is 1. The van der Waals surface area contributed by atoms with Gasteiger partial charge < -0.3 is 10.3 Å². The van der Waals surface area contributed by atoms with Crippen molar-refractivity contribution in [3.63, 3.8) is 0 Å². The lowest BCUT2D eigenvalue weighted by atomic mass is 10.2. The highest BCUT2D eigenvalue weighted by molar-refractivity contribution is 7.89. The van der Waals surface area contributed by atoms with Crippen LogP contribution in [0.3, 0.4) is 0 Å². The van der Waals surface area contributed by atoms with Gasteiger partial charge in [-0.3, -0.25) is 0 Å². The van der Waals surface area contributed by atoms with E-state index in [1.807, 2.05) is 0 Å². The molecule has 0 atom stereocenters. The van der Waals surface area contributed by atoms with Gasteiger partial charge in [-0.15, -0.1) is 0 Å². The fourth-order valence-corrected chi connectivity index (χ4v) is 2.84. The van der Waals surface area contributed by atoms with Gasteiger partial charge in [0.05, 0.1) is 11.4 Å². The second kappa shape index (κ2) is 5.65. The van der Waals surface area contributed by atoms with Crippen LogP contribution in [-0.4, -0.2) is 18.6 Å². The van der Waals surface area contributed by atoms with Crippen LogP contribution in [0.25, 0.3) is 0 Å². The Balaban J connectivity index is 2.24. The van der Waals surface area contributed by atoms with E-state index in [0.717, 1.165) is 12.1 Å². The fourth-order valence-electron chi connectivity index (χ4n) is 1.60. The number of hydrogen-bond donors (Lipinski definition) is 2. The van der Waals surface area contributed by atoms with E-state index in [1.54, 1.807) is 6.92 Å².